The number of hydrogen-bond acceptors (Lipinski definition) is 6. The van der Waals surface area contributed by atoms with Crippen molar-refractivity contribution >= 4 is 39.0 Å². The normalized spacial score (nSPS) is 16.3. The number of rotatable bonds is 8. The minimum Gasteiger partial charge on any atom is -0.503 e. The third-order valence-corrected chi connectivity index (χ3v) is 8.00. The topological polar surface area (TPSA) is 78.2 Å². The zero-order valence-corrected chi connectivity index (χ0v) is 21.2. The molecule has 0 bridgehead atoms. The molecule has 2 aromatic heterocycles. The molecule has 2 aromatic carbocycles. The number of aryl methyl sites for hydroxylation is 1. The lowest BCUT2D eigenvalue weighted by Gasteiger charge is -2.29. The molecule has 4 aromatic rings. The summed E-state index contributed by atoms with van der Waals surface area (Å²) in [6, 6.07) is 12.6. The van der Waals surface area contributed by atoms with Gasteiger partial charge in [-0.1, -0.05) is 49.4 Å². The van der Waals surface area contributed by atoms with Crippen molar-refractivity contribution in [3.05, 3.63) is 81.8 Å². The van der Waals surface area contributed by atoms with Crippen molar-refractivity contribution in [3.8, 4) is 0 Å². The number of aromatic nitrogens is 2. The van der Waals surface area contributed by atoms with Crippen molar-refractivity contribution in [2.45, 2.75) is 26.8 Å². The van der Waals surface area contributed by atoms with Gasteiger partial charge in [-0.25, -0.2) is 9.37 Å². The van der Waals surface area contributed by atoms with Crippen LogP contribution in [0.5, 0.6) is 0 Å². The van der Waals surface area contributed by atoms with Crippen LogP contribution in [-0.4, -0.2) is 62.2 Å². The molecule has 0 aliphatic carbocycles. The second kappa shape index (κ2) is 9.48. The summed E-state index contributed by atoms with van der Waals surface area (Å²) in [7, 11) is 0. The Morgan fingerprint density at radius 2 is 1.92 bits per heavy atom. The molecular weight excluding hydrogens is 479 g/mol. The van der Waals surface area contributed by atoms with E-state index >= 15 is 0 Å². The quantitative estimate of drug-likeness (QED) is 0.344. The highest BCUT2D eigenvalue weighted by Gasteiger charge is 2.44. The lowest BCUT2D eigenvalue weighted by atomic mass is 9.95. The summed E-state index contributed by atoms with van der Waals surface area (Å²) in [4.78, 5) is 36.5. The van der Waals surface area contributed by atoms with Crippen LogP contribution in [0, 0.1) is 12.7 Å². The van der Waals surface area contributed by atoms with Gasteiger partial charge in [0.1, 0.15) is 5.82 Å². The molecule has 0 spiro atoms. The smallest absolute Gasteiger partial charge is 0.290 e. The molecule has 9 heteroatoms. The summed E-state index contributed by atoms with van der Waals surface area (Å²) in [5.74, 6) is -2.12. The standard InChI is InChI=1S/C27H27FN4O3S/c1-4-30(5-2)13-14-31-22(17-9-8-10-18(28)15-17)21(24(34)26(31)35)23(33)25-16(3)32-20-12-7-6-11-19(20)29-27(32)36-25/h6-12,15,22,34H,4-5,13-14H2,1-3H3. The predicted octanol–water partition coefficient (Wildman–Crippen LogP) is 4.92. The number of thiazole rings is 1. The highest BCUT2D eigenvalue weighted by Crippen LogP contribution is 2.41. The molecule has 1 aliphatic rings. The van der Waals surface area contributed by atoms with Gasteiger partial charge in [0.05, 0.1) is 27.5 Å². The van der Waals surface area contributed by atoms with Gasteiger partial charge in [0.25, 0.3) is 5.91 Å². The Hall–Kier alpha value is -3.56. The highest BCUT2D eigenvalue weighted by atomic mass is 32.1. The van der Waals surface area contributed by atoms with E-state index in [1.54, 1.807) is 12.1 Å². The number of halogens is 1. The number of imidazole rings is 1. The van der Waals surface area contributed by atoms with E-state index in [4.69, 9.17) is 0 Å². The van der Waals surface area contributed by atoms with Gasteiger partial charge in [0, 0.05) is 18.8 Å². The highest BCUT2D eigenvalue weighted by molar-refractivity contribution is 7.19. The van der Waals surface area contributed by atoms with Crippen LogP contribution in [0.1, 0.15) is 40.8 Å². The molecule has 1 aliphatic heterocycles. The molecule has 7 nitrogen and oxygen atoms in total. The van der Waals surface area contributed by atoms with E-state index < -0.39 is 29.3 Å². The molecule has 186 valence electrons. The Balaban J connectivity index is 1.59. The van der Waals surface area contributed by atoms with Crippen molar-refractivity contribution in [1.82, 2.24) is 19.2 Å². The lowest BCUT2D eigenvalue weighted by molar-refractivity contribution is -0.129. The number of ketones is 1. The lowest BCUT2D eigenvalue weighted by Crippen LogP contribution is -2.38. The first-order valence-electron chi connectivity index (χ1n) is 12.0. The maximum absolute atomic E-state index is 14.2. The summed E-state index contributed by atoms with van der Waals surface area (Å²) >= 11 is 1.22. The van der Waals surface area contributed by atoms with Gasteiger partial charge >= 0.3 is 0 Å². The summed E-state index contributed by atoms with van der Waals surface area (Å²) in [6.07, 6.45) is 0. The number of fused-ring (bicyclic) bond motifs is 3. The molecule has 36 heavy (non-hydrogen) atoms. The van der Waals surface area contributed by atoms with Crippen LogP contribution in [0.3, 0.4) is 0 Å². The average molecular weight is 507 g/mol. The van der Waals surface area contributed by atoms with Gasteiger partial charge in [0.15, 0.2) is 10.7 Å². The number of amides is 1. The van der Waals surface area contributed by atoms with Crippen molar-refractivity contribution < 1.29 is 19.1 Å². The Bertz CT molecular complexity index is 1520. The number of benzene rings is 2. The number of carbonyl (C=O) groups is 2. The minimum atomic E-state index is -0.887. The summed E-state index contributed by atoms with van der Waals surface area (Å²) < 4.78 is 16.2. The van der Waals surface area contributed by atoms with E-state index in [1.165, 1.54) is 28.4 Å². The van der Waals surface area contributed by atoms with E-state index in [9.17, 15) is 19.1 Å². The molecule has 1 unspecified atom stereocenters. The number of likely N-dealkylation sites (N-methyl/N-ethyl adjacent to an activating group) is 1. The van der Waals surface area contributed by atoms with Crippen molar-refractivity contribution in [1.29, 1.82) is 0 Å². The molecule has 0 fully saturated rings. The second-order valence-corrected chi connectivity index (χ2v) is 9.79. The zero-order valence-electron chi connectivity index (χ0n) is 20.4. The number of aliphatic hydroxyl groups excluding tert-OH is 1. The molecule has 0 saturated carbocycles. The fraction of sp³-hybridized carbons (Fsp3) is 0.296. The molecule has 3 heterocycles. The number of Topliss-reactive ketones (excluding diaryl/α,β-unsaturated/α-hetero) is 1. The monoisotopic (exact) mass is 506 g/mol. The molecule has 0 radical (unpaired) electrons. The summed E-state index contributed by atoms with van der Waals surface area (Å²) in [6.45, 7) is 8.35. The van der Waals surface area contributed by atoms with Gasteiger partial charge < -0.3 is 14.9 Å². The SMILES string of the molecule is CCN(CC)CCN1C(=O)C(O)=C(C(=O)c2sc3nc4ccccc4n3c2C)C1c1cccc(F)c1. The molecular formula is C27H27FN4O3S. The van der Waals surface area contributed by atoms with Crippen LogP contribution in [-0.2, 0) is 4.79 Å². The van der Waals surface area contributed by atoms with Crippen LogP contribution in [0.15, 0.2) is 59.9 Å². The maximum Gasteiger partial charge on any atom is 0.290 e. The van der Waals surface area contributed by atoms with Crippen LogP contribution < -0.4 is 0 Å². The fourth-order valence-corrected chi connectivity index (χ4v) is 6.02. The van der Waals surface area contributed by atoms with Crippen molar-refractivity contribution in [3.63, 3.8) is 0 Å². The van der Waals surface area contributed by atoms with E-state index in [1.807, 2.05) is 49.4 Å². The van der Waals surface area contributed by atoms with Crippen LogP contribution in [0.4, 0.5) is 4.39 Å². The first kappa shape index (κ1) is 24.1. The molecule has 0 saturated heterocycles. The predicted molar refractivity (Wildman–Crippen MR) is 138 cm³/mol. The largest absolute Gasteiger partial charge is 0.503 e. The first-order chi connectivity index (χ1) is 17.3. The number of carbonyl (C=O) groups excluding carboxylic acids is 2. The van der Waals surface area contributed by atoms with E-state index in [2.05, 4.69) is 9.88 Å². The minimum absolute atomic E-state index is 0.0259. The molecule has 1 amide bonds. The number of aliphatic hydroxyl groups is 1. The zero-order chi connectivity index (χ0) is 25.6. The second-order valence-electron chi connectivity index (χ2n) is 8.81. The molecule has 5 rings (SSSR count). The Kier molecular flexibility index (Phi) is 6.36. The summed E-state index contributed by atoms with van der Waals surface area (Å²) in [5.41, 5.74) is 2.80. The first-order valence-corrected chi connectivity index (χ1v) is 12.8. The Labute approximate surface area is 212 Å². The van der Waals surface area contributed by atoms with Crippen molar-refractivity contribution in [2.24, 2.45) is 0 Å². The fourth-order valence-electron chi connectivity index (χ4n) is 4.92. The van der Waals surface area contributed by atoms with Gasteiger partial charge in [-0.2, -0.15) is 0 Å². The van der Waals surface area contributed by atoms with Crippen LogP contribution >= 0.6 is 11.3 Å². The van der Waals surface area contributed by atoms with E-state index in [0.717, 1.165) is 24.1 Å². The molecule has 1 atom stereocenters. The Morgan fingerprint density at radius 3 is 2.64 bits per heavy atom. The summed E-state index contributed by atoms with van der Waals surface area (Å²) in [5, 5.41) is 11.0. The van der Waals surface area contributed by atoms with Crippen LogP contribution in [0.2, 0.25) is 0 Å². The average Bonchev–Trinajstić information content (AvgIpc) is 3.48. The van der Waals surface area contributed by atoms with Gasteiger partial charge in [0.2, 0.25) is 5.78 Å². The maximum atomic E-state index is 14.2. The third-order valence-electron chi connectivity index (χ3n) is 6.86. The van der Waals surface area contributed by atoms with Gasteiger partial charge in [-0.05, 0) is 49.8 Å². The number of para-hydroxylation sites is 2. The third kappa shape index (κ3) is 3.88. The van der Waals surface area contributed by atoms with E-state index in [-0.39, 0.29) is 5.57 Å². The number of hydrogen-bond donors (Lipinski definition) is 1. The van der Waals surface area contributed by atoms with Crippen molar-refractivity contribution in [2.75, 3.05) is 26.2 Å². The van der Waals surface area contributed by atoms with Gasteiger partial charge in [-0.3, -0.25) is 14.0 Å². The van der Waals surface area contributed by atoms with Gasteiger partial charge in [-0.15, -0.1) is 0 Å². The molecule has 1 N–H and O–H groups in total. The Morgan fingerprint density at radius 1 is 1.17 bits per heavy atom. The van der Waals surface area contributed by atoms with Crippen LogP contribution in [0.25, 0.3) is 16.0 Å². The number of nitrogens with zero attached hydrogens (tertiary/aromatic N) is 4. The van der Waals surface area contributed by atoms with E-state index in [0.29, 0.717) is 34.2 Å².